The van der Waals surface area contributed by atoms with E-state index in [1.807, 2.05) is 30.8 Å². The fourth-order valence-corrected chi connectivity index (χ4v) is 6.69. The Bertz CT molecular complexity index is 1460. The second kappa shape index (κ2) is 9.13. The summed E-state index contributed by atoms with van der Waals surface area (Å²) in [4.78, 5) is 22.1. The van der Waals surface area contributed by atoms with Gasteiger partial charge in [0.15, 0.2) is 0 Å². The molecule has 1 spiro atoms. The lowest BCUT2D eigenvalue weighted by Crippen LogP contribution is -2.67. The van der Waals surface area contributed by atoms with Gasteiger partial charge in [-0.3, -0.25) is 4.90 Å². The molecule has 1 fully saturated rings. The summed E-state index contributed by atoms with van der Waals surface area (Å²) in [5.74, 6) is 0.327. The number of thiazole rings is 1. The summed E-state index contributed by atoms with van der Waals surface area (Å²) in [5.41, 5.74) is 3.15. The topological polar surface area (TPSA) is 82.9 Å². The average molecular weight is 522 g/mol. The van der Waals surface area contributed by atoms with E-state index in [2.05, 4.69) is 25.8 Å². The van der Waals surface area contributed by atoms with Gasteiger partial charge in [0, 0.05) is 66.5 Å². The fraction of sp³-hybridized carbons (Fsp3) is 0.333. The van der Waals surface area contributed by atoms with E-state index in [0.717, 1.165) is 47.0 Å². The fourth-order valence-electron chi connectivity index (χ4n) is 6.04. The van der Waals surface area contributed by atoms with E-state index in [4.69, 9.17) is 4.74 Å². The highest BCUT2D eigenvalue weighted by Gasteiger charge is 2.54. The minimum Gasteiger partial charge on any atom is -0.497 e. The maximum atomic E-state index is 13.8. The van der Waals surface area contributed by atoms with Gasteiger partial charge in [-0.15, -0.1) is 11.3 Å². The number of anilines is 1. The molecule has 2 aromatic carbocycles. The number of benzene rings is 2. The molecular formula is C27H28FN5O3S. The first-order valence-electron chi connectivity index (χ1n) is 12.1. The number of rotatable bonds is 5. The number of carbonyl (C=O) groups is 1. The molecule has 2 aromatic heterocycles. The molecule has 6 rings (SSSR count). The Morgan fingerprint density at radius 2 is 2.11 bits per heavy atom. The monoisotopic (exact) mass is 521 g/mol. The lowest BCUT2D eigenvalue weighted by atomic mass is 9.68. The Morgan fingerprint density at radius 1 is 1.27 bits per heavy atom. The number of fused-ring (bicyclic) bond motifs is 4. The largest absolute Gasteiger partial charge is 0.497 e. The first-order chi connectivity index (χ1) is 17.9. The molecule has 0 bridgehead atoms. The van der Waals surface area contributed by atoms with Crippen LogP contribution in [0.1, 0.15) is 22.3 Å². The number of aromatic nitrogens is 2. The summed E-state index contributed by atoms with van der Waals surface area (Å²) in [6.45, 7) is 2.47. The molecule has 192 valence electrons. The molecule has 2 N–H and O–H groups in total. The molecule has 37 heavy (non-hydrogen) atoms. The van der Waals surface area contributed by atoms with Crippen molar-refractivity contribution in [2.75, 3.05) is 38.7 Å². The third-order valence-corrected chi connectivity index (χ3v) is 8.32. The molecule has 1 saturated heterocycles. The number of amides is 2. The van der Waals surface area contributed by atoms with Crippen molar-refractivity contribution in [3.8, 4) is 5.75 Å². The van der Waals surface area contributed by atoms with Crippen molar-refractivity contribution in [1.82, 2.24) is 19.4 Å². The summed E-state index contributed by atoms with van der Waals surface area (Å²) in [7, 11) is 3.61. The maximum Gasteiger partial charge on any atom is 0.322 e. The minimum absolute atomic E-state index is 0.232. The number of nitrogens with one attached hydrogen (secondary N) is 1. The number of methoxy groups -OCH3 is 1. The lowest BCUT2D eigenvalue weighted by Gasteiger charge is -2.56. The molecule has 0 saturated carbocycles. The van der Waals surface area contributed by atoms with Crippen LogP contribution < -0.4 is 10.1 Å². The van der Waals surface area contributed by atoms with Crippen LogP contribution in [0, 0.1) is 5.82 Å². The normalized spacial score (nSPS) is 18.6. The van der Waals surface area contributed by atoms with Crippen LogP contribution in [0.15, 0.2) is 54.0 Å². The van der Waals surface area contributed by atoms with Crippen molar-refractivity contribution in [2.24, 2.45) is 7.05 Å². The molecule has 2 aliphatic heterocycles. The van der Waals surface area contributed by atoms with Crippen molar-refractivity contribution in [3.05, 3.63) is 76.1 Å². The number of carbonyl (C=O) groups excluding carboxylic acids is 1. The summed E-state index contributed by atoms with van der Waals surface area (Å²) in [6.07, 6.45) is 1.82. The first-order valence-corrected chi connectivity index (χ1v) is 13.0. The maximum absolute atomic E-state index is 13.8. The number of halogens is 1. The zero-order valence-electron chi connectivity index (χ0n) is 20.6. The predicted octanol–water partition coefficient (Wildman–Crippen LogP) is 4.12. The Labute approximate surface area is 217 Å². The Kier molecular flexibility index (Phi) is 5.89. The molecule has 1 atom stereocenters. The van der Waals surface area contributed by atoms with Crippen LogP contribution >= 0.6 is 11.3 Å². The van der Waals surface area contributed by atoms with Gasteiger partial charge in [0.25, 0.3) is 0 Å². The smallest absolute Gasteiger partial charge is 0.322 e. The first kappa shape index (κ1) is 23.9. The molecule has 4 aromatic rings. The third kappa shape index (κ3) is 3.96. The Balaban J connectivity index is 1.42. The molecule has 0 unspecified atom stereocenters. The number of ether oxygens (including phenoxy) is 1. The number of hydrogen-bond acceptors (Lipinski definition) is 6. The van der Waals surface area contributed by atoms with Gasteiger partial charge in [-0.05, 0) is 35.9 Å². The van der Waals surface area contributed by atoms with E-state index in [0.29, 0.717) is 12.2 Å². The highest BCUT2D eigenvalue weighted by Crippen LogP contribution is 2.50. The van der Waals surface area contributed by atoms with Crippen molar-refractivity contribution in [2.45, 2.75) is 18.0 Å². The molecule has 0 aliphatic carbocycles. The summed E-state index contributed by atoms with van der Waals surface area (Å²) >= 11 is 1.63. The van der Waals surface area contributed by atoms with Crippen LogP contribution in [0.2, 0.25) is 0 Å². The zero-order valence-corrected chi connectivity index (χ0v) is 21.5. The molecule has 8 nitrogen and oxygen atoms in total. The number of aliphatic hydroxyl groups excluding tert-OH is 1. The number of likely N-dealkylation sites (tertiary alicyclic amines) is 1. The van der Waals surface area contributed by atoms with Gasteiger partial charge < -0.3 is 24.6 Å². The summed E-state index contributed by atoms with van der Waals surface area (Å²) < 4.78 is 21.3. The zero-order chi connectivity index (χ0) is 25.7. The van der Waals surface area contributed by atoms with Crippen LogP contribution in [0.3, 0.4) is 0 Å². The van der Waals surface area contributed by atoms with Gasteiger partial charge in [0.1, 0.15) is 16.6 Å². The summed E-state index contributed by atoms with van der Waals surface area (Å²) in [5, 5.41) is 17.5. The van der Waals surface area contributed by atoms with Crippen LogP contribution in [0.25, 0.3) is 10.9 Å². The van der Waals surface area contributed by atoms with E-state index in [9.17, 15) is 14.3 Å². The van der Waals surface area contributed by atoms with Gasteiger partial charge in [0.05, 0.1) is 31.8 Å². The molecule has 10 heteroatoms. The van der Waals surface area contributed by atoms with Crippen LogP contribution in [0.4, 0.5) is 14.9 Å². The molecule has 4 heterocycles. The van der Waals surface area contributed by atoms with Crippen LogP contribution in [-0.2, 0) is 19.0 Å². The quantitative estimate of drug-likeness (QED) is 0.413. The van der Waals surface area contributed by atoms with E-state index in [1.54, 1.807) is 35.5 Å². The second-order valence-corrected chi connectivity index (χ2v) is 10.8. The van der Waals surface area contributed by atoms with Crippen LogP contribution in [0.5, 0.6) is 5.75 Å². The Morgan fingerprint density at radius 3 is 2.81 bits per heavy atom. The lowest BCUT2D eigenvalue weighted by molar-refractivity contribution is 0.00763. The molecule has 2 aliphatic rings. The third-order valence-electron chi connectivity index (χ3n) is 7.55. The number of aliphatic hydroxyl groups is 1. The van der Waals surface area contributed by atoms with Crippen LogP contribution in [-0.4, -0.2) is 63.8 Å². The SMILES string of the molecule is COc1ccc2c3c(n(C)c2c1)[C@@H](CO)N(C(=O)Nc1cccc(F)c1)CC31CN(Cc2nccs2)C1. The van der Waals surface area contributed by atoms with Crippen molar-refractivity contribution in [3.63, 3.8) is 0 Å². The number of hydrogen-bond donors (Lipinski definition) is 2. The predicted molar refractivity (Wildman–Crippen MR) is 140 cm³/mol. The van der Waals surface area contributed by atoms with Gasteiger partial charge >= 0.3 is 6.03 Å². The molecular weight excluding hydrogens is 493 g/mol. The second-order valence-electron chi connectivity index (χ2n) is 9.82. The molecule has 2 amide bonds. The van der Waals surface area contributed by atoms with Crippen molar-refractivity contribution >= 4 is 34.0 Å². The van der Waals surface area contributed by atoms with Gasteiger partial charge in [0.2, 0.25) is 0 Å². The van der Waals surface area contributed by atoms with Gasteiger partial charge in [-0.1, -0.05) is 6.07 Å². The number of nitrogens with zero attached hydrogens (tertiary/aromatic N) is 4. The highest BCUT2D eigenvalue weighted by atomic mass is 32.1. The average Bonchev–Trinajstić information content (AvgIpc) is 3.49. The number of urea groups is 1. The van der Waals surface area contributed by atoms with E-state index in [1.165, 1.54) is 17.7 Å². The summed E-state index contributed by atoms with van der Waals surface area (Å²) in [6, 6.07) is 11.0. The number of aryl methyl sites for hydroxylation is 1. The Hall–Kier alpha value is -3.47. The van der Waals surface area contributed by atoms with Crippen molar-refractivity contribution < 1.29 is 19.0 Å². The minimum atomic E-state index is -0.550. The molecule has 0 radical (unpaired) electrons. The highest BCUT2D eigenvalue weighted by molar-refractivity contribution is 7.09. The van der Waals surface area contributed by atoms with E-state index < -0.39 is 11.9 Å². The van der Waals surface area contributed by atoms with Gasteiger partial charge in [-0.2, -0.15) is 0 Å². The standard InChI is InChI=1S/C27H28FN5O3S/c1-31-21-11-19(36-2)6-7-20(21)24-25(31)22(13-34)33(26(35)30-18-5-3-4-17(28)10-18)16-27(24)14-32(15-27)12-23-29-8-9-37-23/h3-11,22,34H,12-16H2,1-2H3,(H,30,35)/t22-/m1/s1. The van der Waals surface area contributed by atoms with E-state index >= 15 is 0 Å². The van der Waals surface area contributed by atoms with Crippen molar-refractivity contribution in [1.29, 1.82) is 0 Å². The van der Waals surface area contributed by atoms with E-state index in [-0.39, 0.29) is 18.1 Å². The van der Waals surface area contributed by atoms with Gasteiger partial charge in [-0.25, -0.2) is 14.2 Å².